The third-order valence-electron chi connectivity index (χ3n) is 3.34. The summed E-state index contributed by atoms with van der Waals surface area (Å²) in [4.78, 5) is 3.53. The summed E-state index contributed by atoms with van der Waals surface area (Å²) >= 11 is 11.6. The SMILES string of the molecule is CNC(C)c1ccc(N(C)Cc2cc(Br)cs2)cc1Cl. The van der Waals surface area contributed by atoms with Crippen molar-refractivity contribution in [2.75, 3.05) is 19.0 Å². The van der Waals surface area contributed by atoms with Crippen molar-refractivity contribution in [1.29, 1.82) is 0 Å². The summed E-state index contributed by atoms with van der Waals surface area (Å²) in [7, 11) is 4.02. The van der Waals surface area contributed by atoms with E-state index in [4.69, 9.17) is 11.6 Å². The summed E-state index contributed by atoms with van der Waals surface area (Å²) in [6.07, 6.45) is 0. The fraction of sp³-hybridized carbons (Fsp3) is 0.333. The molecule has 1 unspecified atom stereocenters. The van der Waals surface area contributed by atoms with E-state index in [1.807, 2.05) is 13.1 Å². The van der Waals surface area contributed by atoms with E-state index in [1.165, 1.54) is 4.88 Å². The Morgan fingerprint density at radius 3 is 2.70 bits per heavy atom. The van der Waals surface area contributed by atoms with Crippen molar-refractivity contribution in [2.45, 2.75) is 19.5 Å². The van der Waals surface area contributed by atoms with Crippen LogP contribution in [0.25, 0.3) is 0 Å². The van der Waals surface area contributed by atoms with Crippen LogP contribution in [-0.2, 0) is 6.54 Å². The zero-order chi connectivity index (χ0) is 14.7. The largest absolute Gasteiger partial charge is 0.369 e. The van der Waals surface area contributed by atoms with Gasteiger partial charge in [0.15, 0.2) is 0 Å². The molecule has 2 aromatic rings. The zero-order valence-electron chi connectivity index (χ0n) is 11.8. The predicted molar refractivity (Wildman–Crippen MR) is 93.1 cm³/mol. The third-order valence-corrected chi connectivity index (χ3v) is 5.35. The van der Waals surface area contributed by atoms with Gasteiger partial charge in [0, 0.05) is 38.5 Å². The van der Waals surface area contributed by atoms with E-state index in [-0.39, 0.29) is 6.04 Å². The van der Waals surface area contributed by atoms with Crippen molar-refractivity contribution >= 4 is 44.6 Å². The summed E-state index contributed by atoms with van der Waals surface area (Å²) in [6.45, 7) is 2.99. The average Bonchev–Trinajstić information content (AvgIpc) is 2.83. The van der Waals surface area contributed by atoms with Crippen LogP contribution < -0.4 is 10.2 Å². The molecule has 0 aliphatic rings. The predicted octanol–water partition coefficient (Wildman–Crippen LogP) is 5.08. The monoisotopic (exact) mass is 372 g/mol. The van der Waals surface area contributed by atoms with Gasteiger partial charge in [-0.05, 0) is 53.7 Å². The second-order valence-corrected chi connectivity index (χ2v) is 7.12. The number of hydrogen-bond acceptors (Lipinski definition) is 3. The van der Waals surface area contributed by atoms with Gasteiger partial charge in [0.05, 0.1) is 6.54 Å². The van der Waals surface area contributed by atoms with Crippen LogP contribution in [-0.4, -0.2) is 14.1 Å². The molecule has 0 radical (unpaired) electrons. The Morgan fingerprint density at radius 2 is 2.15 bits per heavy atom. The molecule has 108 valence electrons. The molecule has 2 nitrogen and oxygen atoms in total. The first kappa shape index (κ1) is 15.8. The number of benzene rings is 1. The minimum Gasteiger partial charge on any atom is -0.369 e. The number of nitrogens with one attached hydrogen (secondary N) is 1. The molecular weight excluding hydrogens is 356 g/mol. The van der Waals surface area contributed by atoms with Crippen LogP contribution in [0.1, 0.15) is 23.4 Å². The van der Waals surface area contributed by atoms with Crippen molar-refractivity contribution in [3.8, 4) is 0 Å². The van der Waals surface area contributed by atoms with E-state index in [9.17, 15) is 0 Å². The molecular formula is C15H18BrClN2S. The maximum absolute atomic E-state index is 6.38. The molecule has 5 heteroatoms. The number of halogens is 2. The summed E-state index contributed by atoms with van der Waals surface area (Å²) < 4.78 is 1.14. The second kappa shape index (κ2) is 6.94. The van der Waals surface area contributed by atoms with Gasteiger partial charge in [-0.15, -0.1) is 11.3 Å². The number of thiophene rings is 1. The maximum Gasteiger partial charge on any atom is 0.0519 e. The number of nitrogens with zero attached hydrogens (tertiary/aromatic N) is 1. The molecule has 0 fully saturated rings. The Labute approximate surface area is 137 Å². The highest BCUT2D eigenvalue weighted by atomic mass is 79.9. The van der Waals surface area contributed by atoms with Crippen molar-refractivity contribution in [3.63, 3.8) is 0 Å². The maximum atomic E-state index is 6.38. The first-order valence-corrected chi connectivity index (χ1v) is 8.47. The highest BCUT2D eigenvalue weighted by molar-refractivity contribution is 9.10. The van der Waals surface area contributed by atoms with E-state index in [1.54, 1.807) is 11.3 Å². The summed E-state index contributed by atoms with van der Waals surface area (Å²) in [6, 6.07) is 8.67. The van der Waals surface area contributed by atoms with Crippen LogP contribution in [0, 0.1) is 0 Å². The van der Waals surface area contributed by atoms with Gasteiger partial charge >= 0.3 is 0 Å². The molecule has 1 N–H and O–H groups in total. The summed E-state index contributed by atoms with van der Waals surface area (Å²) in [5.74, 6) is 0. The highest BCUT2D eigenvalue weighted by Gasteiger charge is 2.10. The van der Waals surface area contributed by atoms with Crippen molar-refractivity contribution in [3.05, 3.63) is 49.6 Å². The van der Waals surface area contributed by atoms with E-state index >= 15 is 0 Å². The van der Waals surface area contributed by atoms with Crippen LogP contribution in [0.5, 0.6) is 0 Å². The molecule has 2 rings (SSSR count). The Hall–Kier alpha value is -0.550. The lowest BCUT2D eigenvalue weighted by atomic mass is 10.1. The fourth-order valence-electron chi connectivity index (χ4n) is 2.02. The lowest BCUT2D eigenvalue weighted by Crippen LogP contribution is -2.16. The lowest BCUT2D eigenvalue weighted by molar-refractivity contribution is 0.652. The molecule has 0 amide bonds. The molecule has 0 spiro atoms. The highest BCUT2D eigenvalue weighted by Crippen LogP contribution is 2.29. The molecule has 1 aromatic carbocycles. The number of hydrogen-bond donors (Lipinski definition) is 1. The van der Waals surface area contributed by atoms with E-state index in [0.717, 1.165) is 27.3 Å². The van der Waals surface area contributed by atoms with Crippen LogP contribution >= 0.6 is 38.9 Å². The molecule has 0 aliphatic carbocycles. The summed E-state index contributed by atoms with van der Waals surface area (Å²) in [5.41, 5.74) is 2.26. The molecule has 1 heterocycles. The van der Waals surface area contributed by atoms with E-state index < -0.39 is 0 Å². The summed E-state index contributed by atoms with van der Waals surface area (Å²) in [5, 5.41) is 6.13. The smallest absolute Gasteiger partial charge is 0.0519 e. The second-order valence-electron chi connectivity index (χ2n) is 4.80. The number of anilines is 1. The Kier molecular flexibility index (Phi) is 5.49. The molecule has 0 saturated heterocycles. The fourth-order valence-corrected chi connectivity index (χ4v) is 3.86. The Balaban J connectivity index is 2.14. The van der Waals surface area contributed by atoms with Gasteiger partial charge in [-0.2, -0.15) is 0 Å². The van der Waals surface area contributed by atoms with Gasteiger partial charge in [-0.3, -0.25) is 0 Å². The van der Waals surface area contributed by atoms with Crippen molar-refractivity contribution in [2.24, 2.45) is 0 Å². The Bertz CT molecular complexity index is 585. The minimum atomic E-state index is 0.259. The van der Waals surface area contributed by atoms with Gasteiger partial charge in [0.1, 0.15) is 0 Å². The van der Waals surface area contributed by atoms with Crippen molar-refractivity contribution in [1.82, 2.24) is 5.32 Å². The zero-order valence-corrected chi connectivity index (χ0v) is 14.9. The topological polar surface area (TPSA) is 15.3 Å². The molecule has 0 bridgehead atoms. The molecule has 1 atom stereocenters. The van der Waals surface area contributed by atoms with Gasteiger partial charge in [-0.1, -0.05) is 17.7 Å². The van der Waals surface area contributed by atoms with Crippen molar-refractivity contribution < 1.29 is 0 Å². The van der Waals surface area contributed by atoms with Gasteiger partial charge < -0.3 is 10.2 Å². The number of rotatable bonds is 5. The van der Waals surface area contributed by atoms with Crippen LogP contribution in [0.4, 0.5) is 5.69 Å². The van der Waals surface area contributed by atoms with Gasteiger partial charge in [-0.25, -0.2) is 0 Å². The van der Waals surface area contributed by atoms with E-state index in [2.05, 4.69) is 63.7 Å². The molecule has 20 heavy (non-hydrogen) atoms. The molecule has 0 saturated carbocycles. The average molecular weight is 374 g/mol. The minimum absolute atomic E-state index is 0.259. The normalized spacial score (nSPS) is 12.4. The van der Waals surface area contributed by atoms with Gasteiger partial charge in [0.2, 0.25) is 0 Å². The Morgan fingerprint density at radius 1 is 1.40 bits per heavy atom. The van der Waals surface area contributed by atoms with E-state index in [0.29, 0.717) is 0 Å². The quantitative estimate of drug-likeness (QED) is 0.786. The first-order chi connectivity index (χ1) is 9.51. The molecule has 0 aliphatic heterocycles. The third kappa shape index (κ3) is 3.76. The van der Waals surface area contributed by atoms with Gasteiger partial charge in [0.25, 0.3) is 0 Å². The van der Waals surface area contributed by atoms with Crippen LogP contribution in [0.15, 0.2) is 34.1 Å². The molecule has 1 aromatic heterocycles. The van der Waals surface area contributed by atoms with Crippen LogP contribution in [0.3, 0.4) is 0 Å². The lowest BCUT2D eigenvalue weighted by Gasteiger charge is -2.21. The standard InChI is InChI=1S/C15H18BrClN2S/c1-10(18-2)14-5-4-12(7-15(14)17)19(3)8-13-6-11(16)9-20-13/h4-7,9-10,18H,8H2,1-3H3. The van der Waals surface area contributed by atoms with Crippen LogP contribution in [0.2, 0.25) is 5.02 Å². The first-order valence-electron chi connectivity index (χ1n) is 6.42.